The lowest BCUT2D eigenvalue weighted by Crippen LogP contribution is -2.49. The van der Waals surface area contributed by atoms with Gasteiger partial charge in [0.25, 0.3) is 5.91 Å². The molecule has 0 unspecified atom stereocenters. The second kappa shape index (κ2) is 8.90. The van der Waals surface area contributed by atoms with Crippen LogP contribution < -0.4 is 5.32 Å². The van der Waals surface area contributed by atoms with E-state index >= 15 is 0 Å². The van der Waals surface area contributed by atoms with E-state index in [0.717, 1.165) is 19.3 Å². The smallest absolute Gasteiger partial charge is 0.407 e. The number of nitrogens with zero attached hydrogens (tertiary/aromatic N) is 2. The van der Waals surface area contributed by atoms with Crippen molar-refractivity contribution >= 4 is 23.3 Å². The first-order valence-corrected chi connectivity index (χ1v) is 10.5. The first kappa shape index (κ1) is 21.2. The number of carbonyl (C=O) groups is 2. The molecule has 0 saturated carbocycles. The summed E-state index contributed by atoms with van der Waals surface area (Å²) in [7, 11) is 0. The van der Waals surface area contributed by atoms with Crippen molar-refractivity contribution in [3.05, 3.63) is 41.2 Å². The summed E-state index contributed by atoms with van der Waals surface area (Å²) in [4.78, 5) is 31.5. The number of thiazole rings is 1. The van der Waals surface area contributed by atoms with Crippen LogP contribution in [0.25, 0.3) is 10.6 Å². The van der Waals surface area contributed by atoms with Crippen LogP contribution in [0.1, 0.15) is 49.7 Å². The Kier molecular flexibility index (Phi) is 6.52. The Hall–Kier alpha value is -2.48. The number of rotatable bonds is 4. The van der Waals surface area contributed by atoms with Crippen LogP contribution >= 0.6 is 11.3 Å². The summed E-state index contributed by atoms with van der Waals surface area (Å²) < 4.78 is 19.3. The first-order chi connectivity index (χ1) is 13.7. The van der Waals surface area contributed by atoms with Gasteiger partial charge < -0.3 is 15.0 Å². The minimum absolute atomic E-state index is 0.109. The highest BCUT2D eigenvalue weighted by molar-refractivity contribution is 7.16. The Bertz CT molecular complexity index is 878. The molecule has 2 amide bonds. The molecule has 0 bridgehead atoms. The lowest BCUT2D eigenvalue weighted by Gasteiger charge is -2.35. The fourth-order valence-corrected chi connectivity index (χ4v) is 4.17. The van der Waals surface area contributed by atoms with Crippen LogP contribution in [0.2, 0.25) is 0 Å². The van der Waals surface area contributed by atoms with E-state index in [-0.39, 0.29) is 17.8 Å². The van der Waals surface area contributed by atoms with Gasteiger partial charge >= 0.3 is 6.09 Å². The van der Waals surface area contributed by atoms with Crippen LogP contribution in [0.4, 0.5) is 9.18 Å². The zero-order valence-electron chi connectivity index (χ0n) is 16.9. The van der Waals surface area contributed by atoms with Gasteiger partial charge in [0, 0.05) is 24.7 Å². The summed E-state index contributed by atoms with van der Waals surface area (Å²) in [6.45, 7) is 6.37. The topological polar surface area (TPSA) is 71.5 Å². The summed E-state index contributed by atoms with van der Waals surface area (Å²) in [6.07, 6.45) is 3.72. The second-order valence-corrected chi connectivity index (χ2v) is 9.07. The number of likely N-dealkylation sites (tertiary alicyclic amines) is 1. The van der Waals surface area contributed by atoms with Crippen molar-refractivity contribution in [3.63, 3.8) is 0 Å². The zero-order valence-corrected chi connectivity index (χ0v) is 17.7. The number of nitrogens with one attached hydrogen (secondary N) is 1. The lowest BCUT2D eigenvalue weighted by atomic mass is 10.0. The second-order valence-electron chi connectivity index (χ2n) is 8.04. The SMILES string of the molecule is CC(C)(C)OC(=O)NC[C@@H]1CCCCN1C(=O)c1cnc(-c2ccccc2F)s1. The molecule has 1 aliphatic rings. The molecule has 1 aliphatic heterocycles. The lowest BCUT2D eigenvalue weighted by molar-refractivity contribution is 0.0463. The van der Waals surface area contributed by atoms with Crippen molar-refractivity contribution < 1.29 is 18.7 Å². The maximum atomic E-state index is 14.0. The largest absolute Gasteiger partial charge is 0.444 e. The summed E-state index contributed by atoms with van der Waals surface area (Å²) in [5.74, 6) is -0.501. The molecule has 1 aromatic carbocycles. The molecule has 3 rings (SSSR count). The Balaban J connectivity index is 1.68. The summed E-state index contributed by atoms with van der Waals surface area (Å²) in [5, 5.41) is 3.25. The molecule has 8 heteroatoms. The van der Waals surface area contributed by atoms with Gasteiger partial charge in [0.05, 0.1) is 6.20 Å². The number of amides is 2. The normalized spacial score (nSPS) is 17.1. The number of alkyl carbamates (subject to hydrolysis) is 1. The van der Waals surface area contributed by atoms with Gasteiger partial charge in [0.1, 0.15) is 21.3 Å². The summed E-state index contributed by atoms with van der Waals surface area (Å²) >= 11 is 1.18. The fraction of sp³-hybridized carbons (Fsp3) is 0.476. The molecule has 29 heavy (non-hydrogen) atoms. The molecule has 2 aromatic rings. The highest BCUT2D eigenvalue weighted by atomic mass is 32.1. The van der Waals surface area contributed by atoms with Gasteiger partial charge in [-0.05, 0) is 52.2 Å². The highest BCUT2D eigenvalue weighted by Crippen LogP contribution is 2.29. The zero-order chi connectivity index (χ0) is 21.0. The Morgan fingerprint density at radius 3 is 2.79 bits per heavy atom. The molecule has 1 aromatic heterocycles. The van der Waals surface area contributed by atoms with E-state index in [2.05, 4.69) is 10.3 Å². The number of benzene rings is 1. The molecule has 1 N–H and O–H groups in total. The van der Waals surface area contributed by atoms with E-state index in [1.54, 1.807) is 43.9 Å². The number of halogens is 1. The van der Waals surface area contributed by atoms with Gasteiger partial charge in [-0.1, -0.05) is 12.1 Å². The van der Waals surface area contributed by atoms with Gasteiger partial charge in [-0.3, -0.25) is 4.79 Å². The molecule has 2 heterocycles. The van der Waals surface area contributed by atoms with E-state index < -0.39 is 11.7 Å². The van der Waals surface area contributed by atoms with Crippen molar-refractivity contribution in [2.24, 2.45) is 0 Å². The minimum atomic E-state index is -0.572. The molecule has 156 valence electrons. The molecular weight excluding hydrogens is 393 g/mol. The van der Waals surface area contributed by atoms with Crippen LogP contribution in [0, 0.1) is 5.82 Å². The number of aromatic nitrogens is 1. The van der Waals surface area contributed by atoms with Crippen LogP contribution in [-0.2, 0) is 4.74 Å². The Morgan fingerprint density at radius 2 is 2.07 bits per heavy atom. The molecule has 1 saturated heterocycles. The molecule has 0 spiro atoms. The van der Waals surface area contributed by atoms with Crippen LogP contribution in [0.5, 0.6) is 0 Å². The standard InChI is InChI=1S/C21H26FN3O3S/c1-21(2,3)28-20(27)24-12-14-8-6-7-11-25(14)19(26)17-13-23-18(29-17)15-9-4-5-10-16(15)22/h4-5,9-10,13-14H,6-8,11-12H2,1-3H3,(H,24,27)/t14-/m0/s1. The van der Waals surface area contributed by atoms with Crippen molar-refractivity contribution in [2.75, 3.05) is 13.1 Å². The molecule has 1 fully saturated rings. The number of carbonyl (C=O) groups excluding carboxylic acids is 2. The van der Waals surface area contributed by atoms with E-state index in [1.165, 1.54) is 23.6 Å². The average molecular weight is 420 g/mol. The molecule has 1 atom stereocenters. The maximum Gasteiger partial charge on any atom is 0.407 e. The van der Waals surface area contributed by atoms with Crippen molar-refractivity contribution in [2.45, 2.75) is 51.7 Å². The first-order valence-electron chi connectivity index (χ1n) is 9.73. The average Bonchev–Trinajstić information content (AvgIpc) is 3.15. The Labute approximate surface area is 174 Å². The van der Waals surface area contributed by atoms with Crippen LogP contribution in [-0.4, -0.2) is 46.6 Å². The van der Waals surface area contributed by atoms with Crippen molar-refractivity contribution in [3.8, 4) is 10.6 Å². The predicted octanol–water partition coefficient (Wildman–Crippen LogP) is 4.47. The van der Waals surface area contributed by atoms with E-state index in [9.17, 15) is 14.0 Å². The Morgan fingerprint density at radius 1 is 1.31 bits per heavy atom. The highest BCUT2D eigenvalue weighted by Gasteiger charge is 2.29. The third-order valence-corrected chi connectivity index (χ3v) is 5.61. The van der Waals surface area contributed by atoms with Gasteiger partial charge in [-0.25, -0.2) is 14.2 Å². The third-order valence-electron chi connectivity index (χ3n) is 4.59. The van der Waals surface area contributed by atoms with E-state index in [1.807, 2.05) is 0 Å². The van der Waals surface area contributed by atoms with Gasteiger partial charge in [0.2, 0.25) is 0 Å². The third kappa shape index (κ3) is 5.53. The quantitative estimate of drug-likeness (QED) is 0.794. The maximum absolute atomic E-state index is 14.0. The summed E-state index contributed by atoms with van der Waals surface area (Å²) in [6, 6.07) is 6.28. The van der Waals surface area contributed by atoms with Crippen molar-refractivity contribution in [1.29, 1.82) is 0 Å². The summed E-state index contributed by atoms with van der Waals surface area (Å²) in [5.41, 5.74) is -0.184. The molecule has 6 nitrogen and oxygen atoms in total. The van der Waals surface area contributed by atoms with Crippen molar-refractivity contribution in [1.82, 2.24) is 15.2 Å². The van der Waals surface area contributed by atoms with Gasteiger partial charge in [-0.2, -0.15) is 0 Å². The van der Waals surface area contributed by atoms with Crippen LogP contribution in [0.15, 0.2) is 30.5 Å². The predicted molar refractivity (Wildman–Crippen MR) is 110 cm³/mol. The molecule has 0 aliphatic carbocycles. The van der Waals surface area contributed by atoms with Gasteiger partial charge in [-0.15, -0.1) is 11.3 Å². The minimum Gasteiger partial charge on any atom is -0.444 e. The monoisotopic (exact) mass is 419 g/mol. The number of hydrogen-bond acceptors (Lipinski definition) is 5. The number of hydrogen-bond donors (Lipinski definition) is 1. The van der Waals surface area contributed by atoms with E-state index in [0.29, 0.717) is 28.5 Å². The fourth-order valence-electron chi connectivity index (χ4n) is 3.27. The molecule has 0 radical (unpaired) electrons. The van der Waals surface area contributed by atoms with Crippen LogP contribution in [0.3, 0.4) is 0 Å². The van der Waals surface area contributed by atoms with Gasteiger partial charge in [0.15, 0.2) is 0 Å². The number of piperidine rings is 1. The number of ether oxygens (including phenoxy) is 1. The molecular formula is C21H26FN3O3S. The van der Waals surface area contributed by atoms with E-state index in [4.69, 9.17) is 4.74 Å².